The Labute approximate surface area is 118 Å². The van der Waals surface area contributed by atoms with E-state index in [4.69, 9.17) is 0 Å². The summed E-state index contributed by atoms with van der Waals surface area (Å²) in [6, 6.07) is 0.652. The average Bonchev–Trinajstić information content (AvgIpc) is 2.70. The van der Waals surface area contributed by atoms with Crippen LogP contribution in [0.4, 0.5) is 0 Å². The fourth-order valence-electron chi connectivity index (χ4n) is 3.95. The molecule has 5 heteroatoms. The average molecular weight is 288 g/mol. The number of piperidine rings is 1. The van der Waals surface area contributed by atoms with Gasteiger partial charge in [0.1, 0.15) is 0 Å². The molecule has 0 aromatic carbocycles. The fraction of sp³-hybridized carbons (Fsp3) is 1.00. The lowest BCUT2D eigenvalue weighted by Crippen LogP contribution is -2.40. The van der Waals surface area contributed by atoms with Crippen molar-refractivity contribution in [3.05, 3.63) is 0 Å². The second-order valence-electron chi connectivity index (χ2n) is 6.87. The zero-order valence-corrected chi connectivity index (χ0v) is 13.3. The van der Waals surface area contributed by atoms with Crippen molar-refractivity contribution in [2.45, 2.75) is 51.5 Å². The summed E-state index contributed by atoms with van der Waals surface area (Å²) in [6.45, 7) is 3.83. The molecule has 1 saturated heterocycles. The van der Waals surface area contributed by atoms with E-state index in [1.165, 1.54) is 38.4 Å². The third-order valence-corrected chi connectivity index (χ3v) is 6.25. The van der Waals surface area contributed by atoms with Crippen LogP contribution in [0.3, 0.4) is 0 Å². The van der Waals surface area contributed by atoms with E-state index in [0.717, 1.165) is 13.0 Å². The van der Waals surface area contributed by atoms with E-state index < -0.39 is 10.0 Å². The highest BCUT2D eigenvalue weighted by Gasteiger charge is 2.37. The van der Waals surface area contributed by atoms with E-state index in [1.54, 1.807) is 4.31 Å². The highest BCUT2D eigenvalue weighted by Crippen LogP contribution is 2.44. The number of sulfonamides is 1. The van der Waals surface area contributed by atoms with Crippen LogP contribution >= 0.6 is 0 Å². The molecule has 3 unspecified atom stereocenters. The molecular formula is C14H28N2O2S. The van der Waals surface area contributed by atoms with E-state index >= 15 is 0 Å². The van der Waals surface area contributed by atoms with Crippen molar-refractivity contribution in [2.75, 3.05) is 26.4 Å². The van der Waals surface area contributed by atoms with Gasteiger partial charge in [0.15, 0.2) is 0 Å². The van der Waals surface area contributed by atoms with Crippen LogP contribution in [0.25, 0.3) is 0 Å². The predicted octanol–water partition coefficient (Wildman–Crippen LogP) is 1.83. The third kappa shape index (κ3) is 3.92. The van der Waals surface area contributed by atoms with Gasteiger partial charge in [-0.05, 0) is 56.9 Å². The van der Waals surface area contributed by atoms with Gasteiger partial charge in [-0.15, -0.1) is 0 Å². The highest BCUT2D eigenvalue weighted by molar-refractivity contribution is 7.88. The Hall–Kier alpha value is -0.130. The van der Waals surface area contributed by atoms with Gasteiger partial charge in [0.2, 0.25) is 10.0 Å². The topological polar surface area (TPSA) is 49.4 Å². The molecule has 1 aliphatic heterocycles. The molecule has 3 atom stereocenters. The van der Waals surface area contributed by atoms with Gasteiger partial charge in [0.25, 0.3) is 0 Å². The third-order valence-electron chi connectivity index (χ3n) is 4.98. The van der Waals surface area contributed by atoms with Crippen LogP contribution in [0.1, 0.15) is 45.4 Å². The Bertz CT molecular complexity index is 410. The quantitative estimate of drug-likeness (QED) is 0.858. The Kier molecular flexibility index (Phi) is 4.58. The maximum Gasteiger partial charge on any atom is 0.211 e. The van der Waals surface area contributed by atoms with Crippen LogP contribution in [-0.4, -0.2) is 45.2 Å². The van der Waals surface area contributed by atoms with Gasteiger partial charge < -0.3 is 5.32 Å². The van der Waals surface area contributed by atoms with Crippen molar-refractivity contribution in [3.63, 3.8) is 0 Å². The smallest absolute Gasteiger partial charge is 0.211 e. The molecule has 2 rings (SSSR count). The maximum absolute atomic E-state index is 11.7. The van der Waals surface area contributed by atoms with Crippen molar-refractivity contribution in [3.8, 4) is 0 Å². The predicted molar refractivity (Wildman–Crippen MR) is 78.6 cm³/mol. The zero-order chi connectivity index (χ0) is 14.1. The second-order valence-corrected chi connectivity index (χ2v) is 8.85. The zero-order valence-electron chi connectivity index (χ0n) is 12.5. The molecule has 0 aromatic heterocycles. The molecule has 19 heavy (non-hydrogen) atoms. The first kappa shape index (κ1) is 15.3. The largest absolute Gasteiger partial charge is 0.317 e. The molecule has 2 fully saturated rings. The molecule has 0 spiro atoms. The Morgan fingerprint density at radius 2 is 2.11 bits per heavy atom. The number of rotatable bonds is 4. The molecule has 112 valence electrons. The maximum atomic E-state index is 11.7. The van der Waals surface area contributed by atoms with Gasteiger partial charge in [0.05, 0.1) is 6.26 Å². The number of hydrogen-bond donors (Lipinski definition) is 1. The molecule has 4 nitrogen and oxygen atoms in total. The minimum absolute atomic E-state index is 0.402. The van der Waals surface area contributed by atoms with Crippen LogP contribution < -0.4 is 5.32 Å². The lowest BCUT2D eigenvalue weighted by molar-refractivity contribution is 0.178. The molecule has 0 radical (unpaired) electrons. The van der Waals surface area contributed by atoms with Gasteiger partial charge in [-0.1, -0.05) is 6.92 Å². The molecular weight excluding hydrogens is 260 g/mol. The molecule has 1 saturated carbocycles. The highest BCUT2D eigenvalue weighted by atomic mass is 32.2. The normalized spacial score (nSPS) is 37.6. The first-order chi connectivity index (χ1) is 8.82. The van der Waals surface area contributed by atoms with E-state index in [9.17, 15) is 8.42 Å². The fourth-order valence-corrected chi connectivity index (χ4v) is 4.89. The van der Waals surface area contributed by atoms with E-state index in [0.29, 0.717) is 23.9 Å². The number of nitrogens with zero attached hydrogens (tertiary/aromatic N) is 1. The SMILES string of the molecule is CNC1CCC(C)(CC2CCCN(S(C)(=O)=O)C2)C1. The van der Waals surface area contributed by atoms with E-state index in [1.807, 2.05) is 7.05 Å². The van der Waals surface area contributed by atoms with Crippen molar-refractivity contribution in [1.82, 2.24) is 9.62 Å². The summed E-state index contributed by atoms with van der Waals surface area (Å²) in [7, 11) is -0.963. The minimum Gasteiger partial charge on any atom is -0.317 e. The van der Waals surface area contributed by atoms with Crippen LogP contribution in [0.2, 0.25) is 0 Å². The monoisotopic (exact) mass is 288 g/mol. The summed E-state index contributed by atoms with van der Waals surface area (Å²) in [5, 5.41) is 3.38. The molecule has 0 amide bonds. The van der Waals surface area contributed by atoms with E-state index in [2.05, 4.69) is 12.2 Å². The summed E-state index contributed by atoms with van der Waals surface area (Å²) in [5.74, 6) is 0.545. The lowest BCUT2D eigenvalue weighted by atomic mass is 9.77. The Morgan fingerprint density at radius 1 is 1.37 bits per heavy atom. The first-order valence-corrected chi connectivity index (χ1v) is 9.30. The Morgan fingerprint density at radius 3 is 2.68 bits per heavy atom. The molecule has 1 heterocycles. The summed E-state index contributed by atoms with van der Waals surface area (Å²) in [4.78, 5) is 0. The number of nitrogens with one attached hydrogen (secondary N) is 1. The summed E-state index contributed by atoms with van der Waals surface area (Å²) in [5.41, 5.74) is 0.402. The molecule has 2 aliphatic rings. The summed E-state index contributed by atoms with van der Waals surface area (Å²) >= 11 is 0. The molecule has 1 aliphatic carbocycles. The van der Waals surface area contributed by atoms with Gasteiger partial charge in [0, 0.05) is 19.1 Å². The first-order valence-electron chi connectivity index (χ1n) is 7.45. The van der Waals surface area contributed by atoms with Gasteiger partial charge >= 0.3 is 0 Å². The molecule has 0 bridgehead atoms. The van der Waals surface area contributed by atoms with Crippen molar-refractivity contribution >= 4 is 10.0 Å². The summed E-state index contributed by atoms with van der Waals surface area (Å²) < 4.78 is 25.0. The Balaban J connectivity index is 1.92. The molecule has 1 N–H and O–H groups in total. The van der Waals surface area contributed by atoms with Gasteiger partial charge in [-0.3, -0.25) is 0 Å². The van der Waals surface area contributed by atoms with Crippen molar-refractivity contribution in [2.24, 2.45) is 11.3 Å². The van der Waals surface area contributed by atoms with Crippen molar-refractivity contribution in [1.29, 1.82) is 0 Å². The van der Waals surface area contributed by atoms with Gasteiger partial charge in [-0.2, -0.15) is 0 Å². The second kappa shape index (κ2) is 5.70. The lowest BCUT2D eigenvalue weighted by Gasteiger charge is -2.36. The minimum atomic E-state index is -3.01. The van der Waals surface area contributed by atoms with Crippen LogP contribution in [0, 0.1) is 11.3 Å². The van der Waals surface area contributed by atoms with Crippen LogP contribution in [0.15, 0.2) is 0 Å². The number of hydrogen-bond acceptors (Lipinski definition) is 3. The summed E-state index contributed by atoms with van der Waals surface area (Å²) in [6.07, 6.45) is 8.48. The van der Waals surface area contributed by atoms with Gasteiger partial charge in [-0.25, -0.2) is 12.7 Å². The van der Waals surface area contributed by atoms with Crippen molar-refractivity contribution < 1.29 is 8.42 Å². The van der Waals surface area contributed by atoms with Crippen LogP contribution in [-0.2, 0) is 10.0 Å². The van der Waals surface area contributed by atoms with E-state index in [-0.39, 0.29) is 0 Å². The van der Waals surface area contributed by atoms with Crippen LogP contribution in [0.5, 0.6) is 0 Å². The molecule has 0 aromatic rings. The standard InChI is InChI=1S/C14H28N2O2S/c1-14(7-6-13(10-14)15-2)9-12-5-4-8-16(11-12)19(3,17)18/h12-13,15H,4-11H2,1-3H3.